The van der Waals surface area contributed by atoms with E-state index < -0.39 is 0 Å². The number of carbonyl (C=O) groups is 1. The van der Waals surface area contributed by atoms with Crippen LogP contribution in [0.4, 0.5) is 17.1 Å². The van der Waals surface area contributed by atoms with Crippen LogP contribution >= 0.6 is 0 Å². The minimum atomic E-state index is 0.0526. The summed E-state index contributed by atoms with van der Waals surface area (Å²) in [7, 11) is 1.68. The SMILES string of the molecule is COc1ccc(N2CCN(CC(=O)Nc3ccc(N4CCCC4)cc3)CC2)cc1. The van der Waals surface area contributed by atoms with E-state index in [1.165, 1.54) is 24.2 Å². The Kier molecular flexibility index (Phi) is 6.20. The number of piperazine rings is 1. The van der Waals surface area contributed by atoms with Crippen LogP contribution in [0.3, 0.4) is 0 Å². The lowest BCUT2D eigenvalue weighted by molar-refractivity contribution is -0.117. The maximum atomic E-state index is 12.5. The molecule has 1 amide bonds. The predicted octanol–water partition coefficient (Wildman–Crippen LogP) is 3.06. The van der Waals surface area contributed by atoms with Crippen LogP contribution in [0.2, 0.25) is 0 Å². The van der Waals surface area contributed by atoms with Crippen LogP contribution in [0.5, 0.6) is 5.75 Å². The van der Waals surface area contributed by atoms with Crippen molar-refractivity contribution in [3.05, 3.63) is 48.5 Å². The fourth-order valence-electron chi connectivity index (χ4n) is 4.09. The molecular formula is C23H30N4O2. The zero-order valence-corrected chi connectivity index (χ0v) is 17.1. The average molecular weight is 395 g/mol. The molecule has 2 saturated heterocycles. The van der Waals surface area contributed by atoms with Crippen molar-refractivity contribution in [2.24, 2.45) is 0 Å². The molecule has 0 atom stereocenters. The Balaban J connectivity index is 1.23. The molecule has 6 nitrogen and oxygen atoms in total. The number of nitrogens with zero attached hydrogens (tertiary/aromatic N) is 3. The number of benzene rings is 2. The predicted molar refractivity (Wildman–Crippen MR) is 118 cm³/mol. The maximum absolute atomic E-state index is 12.5. The van der Waals surface area contributed by atoms with Crippen molar-refractivity contribution in [3.63, 3.8) is 0 Å². The summed E-state index contributed by atoms with van der Waals surface area (Å²) in [6, 6.07) is 16.4. The normalized spacial score (nSPS) is 17.4. The van der Waals surface area contributed by atoms with Gasteiger partial charge in [-0.05, 0) is 61.4 Å². The molecule has 0 spiro atoms. The molecule has 0 radical (unpaired) electrons. The van der Waals surface area contributed by atoms with E-state index in [2.05, 4.69) is 44.3 Å². The van der Waals surface area contributed by atoms with Crippen LogP contribution in [0.25, 0.3) is 0 Å². The summed E-state index contributed by atoms with van der Waals surface area (Å²) in [6.07, 6.45) is 2.54. The van der Waals surface area contributed by atoms with Gasteiger partial charge >= 0.3 is 0 Å². The quantitative estimate of drug-likeness (QED) is 0.816. The van der Waals surface area contributed by atoms with Gasteiger partial charge in [0.25, 0.3) is 0 Å². The van der Waals surface area contributed by atoms with Crippen LogP contribution < -0.4 is 19.9 Å². The lowest BCUT2D eigenvalue weighted by Gasteiger charge is -2.35. The lowest BCUT2D eigenvalue weighted by atomic mass is 10.2. The topological polar surface area (TPSA) is 48.1 Å². The Labute approximate surface area is 173 Å². The van der Waals surface area contributed by atoms with E-state index in [-0.39, 0.29) is 5.91 Å². The Morgan fingerprint density at radius 3 is 1.97 bits per heavy atom. The van der Waals surface area contributed by atoms with Crippen LogP contribution in [0.15, 0.2) is 48.5 Å². The van der Waals surface area contributed by atoms with Crippen LogP contribution in [-0.2, 0) is 4.79 Å². The molecule has 0 saturated carbocycles. The van der Waals surface area contributed by atoms with Gasteiger partial charge in [0.1, 0.15) is 5.75 Å². The molecule has 6 heteroatoms. The van der Waals surface area contributed by atoms with E-state index in [9.17, 15) is 4.79 Å². The maximum Gasteiger partial charge on any atom is 0.238 e. The highest BCUT2D eigenvalue weighted by atomic mass is 16.5. The van der Waals surface area contributed by atoms with Gasteiger partial charge in [0.05, 0.1) is 13.7 Å². The van der Waals surface area contributed by atoms with Crippen molar-refractivity contribution in [2.75, 3.05) is 68.0 Å². The fourth-order valence-corrected chi connectivity index (χ4v) is 4.09. The zero-order valence-electron chi connectivity index (χ0n) is 17.1. The Bertz CT molecular complexity index is 793. The summed E-state index contributed by atoms with van der Waals surface area (Å²) < 4.78 is 5.22. The first kappa shape index (κ1) is 19.6. The van der Waals surface area contributed by atoms with Gasteiger partial charge in [-0.2, -0.15) is 0 Å². The molecular weight excluding hydrogens is 364 g/mol. The van der Waals surface area contributed by atoms with Crippen molar-refractivity contribution < 1.29 is 9.53 Å². The number of hydrogen-bond acceptors (Lipinski definition) is 5. The lowest BCUT2D eigenvalue weighted by Crippen LogP contribution is -2.48. The number of ether oxygens (including phenoxy) is 1. The van der Waals surface area contributed by atoms with Gasteiger partial charge < -0.3 is 19.9 Å². The molecule has 2 aliphatic heterocycles. The van der Waals surface area contributed by atoms with Crippen molar-refractivity contribution in [2.45, 2.75) is 12.8 Å². The minimum absolute atomic E-state index is 0.0526. The van der Waals surface area contributed by atoms with E-state index in [1.54, 1.807) is 7.11 Å². The van der Waals surface area contributed by atoms with Crippen molar-refractivity contribution >= 4 is 23.0 Å². The Hall–Kier alpha value is -2.73. The second-order valence-electron chi connectivity index (χ2n) is 7.75. The standard InChI is InChI=1S/C23H30N4O2/c1-29-22-10-8-21(9-11-22)27-16-14-25(15-17-27)18-23(28)24-19-4-6-20(7-5-19)26-12-2-3-13-26/h4-11H,2-3,12-18H2,1H3,(H,24,28). The molecule has 2 heterocycles. The van der Waals surface area contributed by atoms with Gasteiger partial charge in [-0.25, -0.2) is 0 Å². The third kappa shape index (κ3) is 5.01. The molecule has 1 N–H and O–H groups in total. The molecule has 154 valence electrons. The van der Waals surface area contributed by atoms with Crippen molar-refractivity contribution in [1.82, 2.24) is 4.90 Å². The van der Waals surface area contributed by atoms with Gasteiger partial charge in [0.2, 0.25) is 5.91 Å². The fraction of sp³-hybridized carbons (Fsp3) is 0.435. The average Bonchev–Trinajstić information content (AvgIpc) is 3.30. The first-order valence-corrected chi connectivity index (χ1v) is 10.5. The first-order chi connectivity index (χ1) is 14.2. The Morgan fingerprint density at radius 1 is 0.828 bits per heavy atom. The van der Waals surface area contributed by atoms with Gasteiger partial charge in [-0.1, -0.05) is 0 Å². The van der Waals surface area contributed by atoms with E-state index >= 15 is 0 Å². The number of anilines is 3. The molecule has 0 unspecified atom stereocenters. The first-order valence-electron chi connectivity index (χ1n) is 10.5. The summed E-state index contributed by atoms with van der Waals surface area (Å²) in [5.41, 5.74) is 3.32. The molecule has 0 aliphatic carbocycles. The van der Waals surface area contributed by atoms with Gasteiger partial charge in [0.15, 0.2) is 0 Å². The second-order valence-corrected chi connectivity index (χ2v) is 7.75. The van der Waals surface area contributed by atoms with Crippen LogP contribution in [0.1, 0.15) is 12.8 Å². The molecule has 4 rings (SSSR count). The van der Waals surface area contributed by atoms with Crippen molar-refractivity contribution in [3.8, 4) is 5.75 Å². The van der Waals surface area contributed by atoms with E-state index in [4.69, 9.17) is 4.74 Å². The highest BCUT2D eigenvalue weighted by Crippen LogP contribution is 2.22. The third-order valence-electron chi connectivity index (χ3n) is 5.80. The number of methoxy groups -OCH3 is 1. The summed E-state index contributed by atoms with van der Waals surface area (Å²) in [5.74, 6) is 0.925. The van der Waals surface area contributed by atoms with Gasteiger partial charge in [-0.15, -0.1) is 0 Å². The monoisotopic (exact) mass is 394 g/mol. The number of amides is 1. The summed E-state index contributed by atoms with van der Waals surface area (Å²) in [6.45, 7) is 6.31. The van der Waals surface area contributed by atoms with E-state index in [0.717, 1.165) is 50.7 Å². The highest BCUT2D eigenvalue weighted by molar-refractivity contribution is 5.92. The molecule has 2 aromatic carbocycles. The Morgan fingerprint density at radius 2 is 1.38 bits per heavy atom. The largest absolute Gasteiger partial charge is 0.497 e. The van der Waals surface area contributed by atoms with Gasteiger partial charge in [-0.3, -0.25) is 9.69 Å². The second kappa shape index (κ2) is 9.18. The van der Waals surface area contributed by atoms with Crippen molar-refractivity contribution in [1.29, 1.82) is 0 Å². The smallest absolute Gasteiger partial charge is 0.238 e. The zero-order chi connectivity index (χ0) is 20.1. The molecule has 2 aliphatic rings. The van der Waals surface area contributed by atoms with E-state index in [0.29, 0.717) is 6.54 Å². The number of rotatable bonds is 6. The summed E-state index contributed by atoms with van der Waals surface area (Å²) in [5, 5.41) is 3.04. The molecule has 2 aromatic rings. The summed E-state index contributed by atoms with van der Waals surface area (Å²) in [4.78, 5) is 19.4. The summed E-state index contributed by atoms with van der Waals surface area (Å²) >= 11 is 0. The minimum Gasteiger partial charge on any atom is -0.497 e. The van der Waals surface area contributed by atoms with Crippen LogP contribution in [-0.4, -0.2) is 63.7 Å². The highest BCUT2D eigenvalue weighted by Gasteiger charge is 2.19. The van der Waals surface area contributed by atoms with Gasteiger partial charge in [0, 0.05) is 56.3 Å². The number of nitrogens with one attached hydrogen (secondary N) is 1. The molecule has 0 bridgehead atoms. The molecule has 2 fully saturated rings. The number of carbonyl (C=O) groups excluding carboxylic acids is 1. The molecule has 29 heavy (non-hydrogen) atoms. The molecule has 0 aromatic heterocycles. The van der Waals surface area contributed by atoms with E-state index in [1.807, 2.05) is 24.3 Å². The number of hydrogen-bond donors (Lipinski definition) is 1. The third-order valence-corrected chi connectivity index (χ3v) is 5.80. The van der Waals surface area contributed by atoms with Crippen LogP contribution in [0, 0.1) is 0 Å².